The Balaban J connectivity index is 2.49. The molecular weight excluding hydrogens is 338 g/mol. The molecule has 15 heavy (non-hydrogen) atoms. The lowest BCUT2D eigenvalue weighted by Gasteiger charge is -2.20. The van der Waals surface area contributed by atoms with E-state index in [1.165, 1.54) is 15.1 Å². The van der Waals surface area contributed by atoms with Gasteiger partial charge in [-0.05, 0) is 50.3 Å². The lowest BCUT2D eigenvalue weighted by atomic mass is 10.0. The summed E-state index contributed by atoms with van der Waals surface area (Å²) in [4.78, 5) is 1.37. The fraction of sp³-hybridized carbons (Fsp3) is 0.636. The Labute approximate surface area is 113 Å². The largest absolute Gasteiger partial charge is 0.309 e. The van der Waals surface area contributed by atoms with E-state index in [0.29, 0.717) is 12.0 Å². The average Bonchev–Trinajstić information content (AvgIpc) is 2.47. The van der Waals surface area contributed by atoms with Gasteiger partial charge >= 0.3 is 0 Å². The highest BCUT2D eigenvalue weighted by Gasteiger charge is 2.11. The van der Waals surface area contributed by atoms with Crippen molar-refractivity contribution in [2.45, 2.75) is 39.8 Å². The second-order valence-corrected chi connectivity index (χ2v) is 7.28. The highest BCUT2D eigenvalue weighted by Crippen LogP contribution is 2.32. The summed E-state index contributed by atoms with van der Waals surface area (Å²) in [6.45, 7) is 7.73. The molecule has 1 atom stereocenters. The first-order valence-electron chi connectivity index (χ1n) is 5.21. The molecule has 1 aromatic heterocycles. The van der Waals surface area contributed by atoms with Gasteiger partial charge in [0.25, 0.3) is 0 Å². The first kappa shape index (κ1) is 13.7. The summed E-state index contributed by atoms with van der Waals surface area (Å²) in [5, 5.41) is 3.59. The van der Waals surface area contributed by atoms with Gasteiger partial charge in [-0.15, -0.1) is 11.3 Å². The van der Waals surface area contributed by atoms with Gasteiger partial charge in [0, 0.05) is 21.9 Å². The van der Waals surface area contributed by atoms with Gasteiger partial charge in [0.1, 0.15) is 0 Å². The summed E-state index contributed by atoms with van der Waals surface area (Å²) in [5.74, 6) is 0.696. The van der Waals surface area contributed by atoms with Crippen LogP contribution in [0.4, 0.5) is 0 Å². The van der Waals surface area contributed by atoms with Crippen LogP contribution in [0, 0.1) is 5.92 Å². The molecular formula is C11H17Br2NS. The van der Waals surface area contributed by atoms with Crippen molar-refractivity contribution in [3.63, 3.8) is 0 Å². The van der Waals surface area contributed by atoms with Crippen molar-refractivity contribution in [1.82, 2.24) is 5.32 Å². The molecule has 0 aliphatic carbocycles. The minimum absolute atomic E-state index is 0.615. The van der Waals surface area contributed by atoms with E-state index in [1.54, 1.807) is 11.3 Å². The summed E-state index contributed by atoms with van der Waals surface area (Å²) in [6.07, 6.45) is 1.19. The molecule has 86 valence electrons. The summed E-state index contributed by atoms with van der Waals surface area (Å²) >= 11 is 8.80. The maximum atomic E-state index is 3.59. The Bertz CT molecular complexity index is 290. The minimum Gasteiger partial charge on any atom is -0.309 e. The lowest BCUT2D eigenvalue weighted by Crippen LogP contribution is -2.32. The maximum Gasteiger partial charge on any atom is 0.0843 e. The fourth-order valence-electron chi connectivity index (χ4n) is 1.56. The Kier molecular flexibility index (Phi) is 5.82. The molecule has 1 rings (SSSR count). The van der Waals surface area contributed by atoms with E-state index in [-0.39, 0.29) is 0 Å². The van der Waals surface area contributed by atoms with Crippen molar-refractivity contribution in [3.8, 4) is 0 Å². The van der Waals surface area contributed by atoms with E-state index in [4.69, 9.17) is 0 Å². The smallest absolute Gasteiger partial charge is 0.0843 e. The summed E-state index contributed by atoms with van der Waals surface area (Å²) in [7, 11) is 0. The van der Waals surface area contributed by atoms with Gasteiger partial charge in [-0.1, -0.05) is 20.8 Å². The summed E-state index contributed by atoms with van der Waals surface area (Å²) in [6, 6.07) is 2.79. The monoisotopic (exact) mass is 353 g/mol. The van der Waals surface area contributed by atoms with Gasteiger partial charge in [0.2, 0.25) is 0 Å². The number of halogens is 2. The fourth-order valence-corrected chi connectivity index (χ4v) is 3.69. The molecule has 0 bridgehead atoms. The zero-order valence-corrected chi connectivity index (χ0v) is 13.3. The topological polar surface area (TPSA) is 12.0 Å². The van der Waals surface area contributed by atoms with E-state index >= 15 is 0 Å². The van der Waals surface area contributed by atoms with Crippen molar-refractivity contribution in [2.24, 2.45) is 5.92 Å². The van der Waals surface area contributed by atoms with Crippen LogP contribution in [0.2, 0.25) is 0 Å². The molecule has 0 saturated heterocycles. The van der Waals surface area contributed by atoms with E-state index in [9.17, 15) is 0 Å². The molecule has 0 radical (unpaired) electrons. The Hall–Kier alpha value is 0.620. The van der Waals surface area contributed by atoms with Gasteiger partial charge in [-0.2, -0.15) is 0 Å². The van der Waals surface area contributed by atoms with Gasteiger partial charge in [0.05, 0.1) is 3.79 Å². The molecule has 0 aromatic carbocycles. The van der Waals surface area contributed by atoms with Crippen LogP contribution in [0.15, 0.2) is 14.3 Å². The van der Waals surface area contributed by atoms with Crippen LogP contribution >= 0.6 is 43.2 Å². The Morgan fingerprint density at radius 2 is 2.07 bits per heavy atom. The van der Waals surface area contributed by atoms with E-state index in [2.05, 4.69) is 64.0 Å². The van der Waals surface area contributed by atoms with E-state index < -0.39 is 0 Å². The highest BCUT2D eigenvalue weighted by molar-refractivity contribution is 9.13. The SMILES string of the molecule is CCC(NCc1cc(Br)c(Br)s1)C(C)C. The van der Waals surface area contributed by atoms with Gasteiger partial charge in [0.15, 0.2) is 0 Å². The normalized spacial score (nSPS) is 13.5. The van der Waals surface area contributed by atoms with Crippen molar-refractivity contribution in [2.75, 3.05) is 0 Å². The quantitative estimate of drug-likeness (QED) is 0.800. The number of hydrogen-bond donors (Lipinski definition) is 1. The molecule has 1 N–H and O–H groups in total. The third-order valence-corrected chi connectivity index (χ3v) is 5.74. The van der Waals surface area contributed by atoms with Crippen molar-refractivity contribution in [1.29, 1.82) is 0 Å². The van der Waals surface area contributed by atoms with Crippen LogP contribution in [0.25, 0.3) is 0 Å². The number of hydrogen-bond acceptors (Lipinski definition) is 2. The zero-order valence-electron chi connectivity index (χ0n) is 9.31. The second kappa shape index (κ2) is 6.38. The van der Waals surface area contributed by atoms with Crippen LogP contribution in [0.3, 0.4) is 0 Å². The van der Waals surface area contributed by atoms with Crippen LogP contribution in [-0.2, 0) is 6.54 Å². The van der Waals surface area contributed by atoms with Crippen LogP contribution in [-0.4, -0.2) is 6.04 Å². The summed E-state index contributed by atoms with van der Waals surface area (Å²) < 4.78 is 2.33. The van der Waals surface area contributed by atoms with Gasteiger partial charge < -0.3 is 5.32 Å². The minimum atomic E-state index is 0.615. The average molecular weight is 355 g/mol. The number of thiophene rings is 1. The Morgan fingerprint density at radius 3 is 2.47 bits per heavy atom. The van der Waals surface area contributed by atoms with Crippen molar-refractivity contribution >= 4 is 43.2 Å². The first-order valence-corrected chi connectivity index (χ1v) is 7.62. The van der Waals surface area contributed by atoms with E-state index in [0.717, 1.165) is 11.0 Å². The molecule has 1 unspecified atom stereocenters. The molecule has 0 aliphatic rings. The van der Waals surface area contributed by atoms with Crippen LogP contribution in [0.5, 0.6) is 0 Å². The number of nitrogens with one attached hydrogen (secondary N) is 1. The maximum absolute atomic E-state index is 3.59. The molecule has 0 spiro atoms. The van der Waals surface area contributed by atoms with Crippen LogP contribution < -0.4 is 5.32 Å². The second-order valence-electron chi connectivity index (χ2n) is 3.97. The molecule has 4 heteroatoms. The Morgan fingerprint density at radius 1 is 1.40 bits per heavy atom. The van der Waals surface area contributed by atoms with Crippen molar-refractivity contribution < 1.29 is 0 Å². The molecule has 1 heterocycles. The van der Waals surface area contributed by atoms with Crippen LogP contribution in [0.1, 0.15) is 32.1 Å². The highest BCUT2D eigenvalue weighted by atomic mass is 79.9. The molecule has 0 amide bonds. The third-order valence-electron chi connectivity index (χ3n) is 2.48. The van der Waals surface area contributed by atoms with E-state index in [1.807, 2.05) is 0 Å². The number of rotatable bonds is 5. The molecule has 1 nitrogen and oxygen atoms in total. The molecule has 1 aromatic rings. The predicted molar refractivity (Wildman–Crippen MR) is 75.5 cm³/mol. The zero-order chi connectivity index (χ0) is 11.4. The van der Waals surface area contributed by atoms with Crippen molar-refractivity contribution in [3.05, 3.63) is 19.2 Å². The molecule has 0 saturated carbocycles. The van der Waals surface area contributed by atoms with Gasteiger partial charge in [-0.25, -0.2) is 0 Å². The van der Waals surface area contributed by atoms with Gasteiger partial charge in [-0.3, -0.25) is 0 Å². The molecule has 0 aliphatic heterocycles. The lowest BCUT2D eigenvalue weighted by molar-refractivity contribution is 0.389. The third kappa shape index (κ3) is 4.17. The standard InChI is InChI=1S/C11H17Br2NS/c1-4-10(7(2)3)14-6-8-5-9(12)11(13)15-8/h5,7,10,14H,4,6H2,1-3H3. The first-order chi connectivity index (χ1) is 7.04. The predicted octanol–water partition coefficient (Wildman–Crippen LogP) is 4.80. The molecule has 0 fully saturated rings. The summed E-state index contributed by atoms with van der Waals surface area (Å²) in [5.41, 5.74) is 0.